The van der Waals surface area contributed by atoms with Crippen LogP contribution >= 0.6 is 0 Å². The van der Waals surface area contributed by atoms with E-state index in [1.807, 2.05) is 55.5 Å². The van der Waals surface area contributed by atoms with Crippen LogP contribution in [0.1, 0.15) is 16.3 Å². The molecule has 0 fully saturated rings. The van der Waals surface area contributed by atoms with Crippen LogP contribution in [-0.4, -0.2) is 32.2 Å². The molecule has 0 bridgehead atoms. The highest BCUT2D eigenvalue weighted by atomic mass is 16.1. The number of carbonyl (C=O) groups is 1. The number of carbonyl (C=O) groups excluding carboxylic acids is 1. The van der Waals surface area contributed by atoms with Crippen LogP contribution in [0.4, 0.5) is 0 Å². The summed E-state index contributed by atoms with van der Waals surface area (Å²) < 4.78 is 2.11. The zero-order valence-corrected chi connectivity index (χ0v) is 13.3. The lowest BCUT2D eigenvalue weighted by molar-refractivity contribution is 0.0949. The van der Waals surface area contributed by atoms with Crippen molar-refractivity contribution in [3.05, 3.63) is 60.0 Å². The quantitative estimate of drug-likeness (QED) is 0.607. The second-order valence-corrected chi connectivity index (χ2v) is 5.67. The van der Waals surface area contributed by atoms with Gasteiger partial charge in [-0.2, -0.15) is 5.10 Å². The number of hydrogen-bond donors (Lipinski definition) is 2. The second-order valence-electron chi connectivity index (χ2n) is 5.67. The monoisotopic (exact) mass is 319 g/mol. The SMILES string of the molecule is Cc1nc2ccccc2n1CCNC(=O)c1n[nH]c2ccccc12. The largest absolute Gasteiger partial charge is 0.349 e. The third-order valence-corrected chi connectivity index (χ3v) is 4.15. The maximum atomic E-state index is 12.4. The molecule has 2 heterocycles. The van der Waals surface area contributed by atoms with Gasteiger partial charge in [0.1, 0.15) is 5.82 Å². The van der Waals surface area contributed by atoms with Gasteiger partial charge in [0.15, 0.2) is 5.69 Å². The lowest BCUT2D eigenvalue weighted by atomic mass is 10.2. The van der Waals surface area contributed by atoms with E-state index < -0.39 is 0 Å². The number of imidazole rings is 1. The average molecular weight is 319 g/mol. The first kappa shape index (κ1) is 14.4. The van der Waals surface area contributed by atoms with Crippen molar-refractivity contribution in [1.82, 2.24) is 25.1 Å². The van der Waals surface area contributed by atoms with Gasteiger partial charge in [-0.1, -0.05) is 30.3 Å². The Morgan fingerprint density at radius 2 is 1.96 bits per heavy atom. The van der Waals surface area contributed by atoms with Gasteiger partial charge in [0, 0.05) is 18.5 Å². The Morgan fingerprint density at radius 1 is 1.17 bits per heavy atom. The molecule has 0 aliphatic heterocycles. The number of aryl methyl sites for hydroxylation is 1. The summed E-state index contributed by atoms with van der Waals surface area (Å²) in [5, 5.41) is 10.8. The fourth-order valence-corrected chi connectivity index (χ4v) is 2.98. The number of aromatic amines is 1. The van der Waals surface area contributed by atoms with Crippen molar-refractivity contribution in [2.45, 2.75) is 13.5 Å². The fraction of sp³-hybridized carbons (Fsp3) is 0.167. The number of para-hydroxylation sites is 3. The Hall–Kier alpha value is -3.15. The maximum Gasteiger partial charge on any atom is 0.272 e. The summed E-state index contributed by atoms with van der Waals surface area (Å²) in [5.41, 5.74) is 3.34. The summed E-state index contributed by atoms with van der Waals surface area (Å²) in [6, 6.07) is 15.6. The Bertz CT molecular complexity index is 1030. The molecule has 120 valence electrons. The number of nitrogens with one attached hydrogen (secondary N) is 2. The normalized spacial score (nSPS) is 11.2. The minimum Gasteiger partial charge on any atom is -0.349 e. The topological polar surface area (TPSA) is 75.6 Å². The summed E-state index contributed by atoms with van der Waals surface area (Å²) in [7, 11) is 0. The van der Waals surface area contributed by atoms with Crippen molar-refractivity contribution in [3.63, 3.8) is 0 Å². The zero-order valence-electron chi connectivity index (χ0n) is 13.3. The van der Waals surface area contributed by atoms with Crippen LogP contribution < -0.4 is 5.32 Å². The van der Waals surface area contributed by atoms with Crippen LogP contribution in [-0.2, 0) is 6.54 Å². The standard InChI is InChI=1S/C18H17N5O/c1-12-20-15-8-4-5-9-16(15)23(12)11-10-19-18(24)17-13-6-2-3-7-14(13)21-22-17/h2-9H,10-11H2,1H3,(H,19,24)(H,21,22). The summed E-state index contributed by atoms with van der Waals surface area (Å²) >= 11 is 0. The van der Waals surface area contributed by atoms with E-state index in [1.165, 1.54) is 0 Å². The molecule has 6 nitrogen and oxygen atoms in total. The third-order valence-electron chi connectivity index (χ3n) is 4.15. The van der Waals surface area contributed by atoms with Crippen molar-refractivity contribution in [1.29, 1.82) is 0 Å². The molecule has 0 saturated carbocycles. The highest BCUT2D eigenvalue weighted by Crippen LogP contribution is 2.16. The Balaban J connectivity index is 1.49. The van der Waals surface area contributed by atoms with Gasteiger partial charge in [0.25, 0.3) is 5.91 Å². The maximum absolute atomic E-state index is 12.4. The van der Waals surface area contributed by atoms with Gasteiger partial charge < -0.3 is 9.88 Å². The molecule has 6 heteroatoms. The molecule has 0 spiro atoms. The molecule has 0 aliphatic rings. The molecule has 0 saturated heterocycles. The first-order valence-corrected chi connectivity index (χ1v) is 7.87. The van der Waals surface area contributed by atoms with Gasteiger partial charge >= 0.3 is 0 Å². The van der Waals surface area contributed by atoms with E-state index in [0.29, 0.717) is 18.8 Å². The van der Waals surface area contributed by atoms with E-state index >= 15 is 0 Å². The number of H-pyrrole nitrogens is 1. The van der Waals surface area contributed by atoms with Crippen molar-refractivity contribution in [2.75, 3.05) is 6.54 Å². The third kappa shape index (κ3) is 2.42. The number of hydrogen-bond acceptors (Lipinski definition) is 3. The number of amides is 1. The molecule has 24 heavy (non-hydrogen) atoms. The van der Waals surface area contributed by atoms with E-state index in [1.54, 1.807) is 0 Å². The van der Waals surface area contributed by atoms with Crippen LogP contribution in [0.25, 0.3) is 21.9 Å². The molecule has 4 aromatic rings. The van der Waals surface area contributed by atoms with Crippen LogP contribution in [0, 0.1) is 6.92 Å². The minimum atomic E-state index is -0.172. The zero-order chi connectivity index (χ0) is 16.5. The molecule has 0 radical (unpaired) electrons. The van der Waals surface area contributed by atoms with Gasteiger partial charge in [-0.05, 0) is 25.1 Å². The Morgan fingerprint density at radius 3 is 2.88 bits per heavy atom. The lowest BCUT2D eigenvalue weighted by Gasteiger charge is -2.08. The Labute approximate surface area is 138 Å². The molecule has 0 atom stereocenters. The number of aromatic nitrogens is 4. The second kappa shape index (κ2) is 5.81. The average Bonchev–Trinajstić information content (AvgIpc) is 3.16. The number of benzene rings is 2. The van der Waals surface area contributed by atoms with E-state index in [4.69, 9.17) is 0 Å². The molecule has 0 unspecified atom stereocenters. The van der Waals surface area contributed by atoms with Crippen molar-refractivity contribution in [2.24, 2.45) is 0 Å². The van der Waals surface area contributed by atoms with Crippen LogP contribution in [0.3, 0.4) is 0 Å². The summed E-state index contributed by atoms with van der Waals surface area (Å²) in [4.78, 5) is 16.9. The van der Waals surface area contributed by atoms with Crippen molar-refractivity contribution in [3.8, 4) is 0 Å². The molecule has 1 amide bonds. The van der Waals surface area contributed by atoms with E-state index in [-0.39, 0.29) is 5.91 Å². The van der Waals surface area contributed by atoms with Gasteiger partial charge in [0.05, 0.1) is 16.6 Å². The molecule has 2 aromatic carbocycles. The van der Waals surface area contributed by atoms with Crippen molar-refractivity contribution >= 4 is 27.8 Å². The number of rotatable bonds is 4. The number of nitrogens with zero attached hydrogens (tertiary/aromatic N) is 3. The first-order chi connectivity index (χ1) is 11.7. The van der Waals surface area contributed by atoms with Crippen LogP contribution in [0.2, 0.25) is 0 Å². The lowest BCUT2D eigenvalue weighted by Crippen LogP contribution is -2.27. The van der Waals surface area contributed by atoms with Gasteiger partial charge in [-0.3, -0.25) is 9.89 Å². The van der Waals surface area contributed by atoms with E-state index in [9.17, 15) is 4.79 Å². The summed E-state index contributed by atoms with van der Waals surface area (Å²) in [6.45, 7) is 3.16. The van der Waals surface area contributed by atoms with Crippen LogP contribution in [0.5, 0.6) is 0 Å². The molecule has 2 aromatic heterocycles. The Kier molecular flexibility index (Phi) is 3.49. The van der Waals surface area contributed by atoms with Crippen molar-refractivity contribution < 1.29 is 4.79 Å². The fourth-order valence-electron chi connectivity index (χ4n) is 2.98. The summed E-state index contributed by atoms with van der Waals surface area (Å²) in [5.74, 6) is 0.769. The predicted octanol–water partition coefficient (Wildman–Crippen LogP) is 2.65. The minimum absolute atomic E-state index is 0.172. The summed E-state index contributed by atoms with van der Waals surface area (Å²) in [6.07, 6.45) is 0. The van der Waals surface area contributed by atoms with E-state index in [0.717, 1.165) is 27.8 Å². The highest BCUT2D eigenvalue weighted by Gasteiger charge is 2.13. The first-order valence-electron chi connectivity index (χ1n) is 7.87. The predicted molar refractivity (Wildman–Crippen MR) is 92.9 cm³/mol. The molecule has 2 N–H and O–H groups in total. The van der Waals surface area contributed by atoms with Gasteiger partial charge in [-0.25, -0.2) is 4.98 Å². The molecule has 4 rings (SSSR count). The smallest absolute Gasteiger partial charge is 0.272 e. The molecule has 0 aliphatic carbocycles. The molecular weight excluding hydrogens is 302 g/mol. The van der Waals surface area contributed by atoms with E-state index in [2.05, 4.69) is 25.1 Å². The molecular formula is C18H17N5O. The van der Waals surface area contributed by atoms with Crippen LogP contribution in [0.15, 0.2) is 48.5 Å². The van der Waals surface area contributed by atoms with Gasteiger partial charge in [-0.15, -0.1) is 0 Å². The number of fused-ring (bicyclic) bond motifs is 2. The van der Waals surface area contributed by atoms with Gasteiger partial charge in [0.2, 0.25) is 0 Å². The highest BCUT2D eigenvalue weighted by molar-refractivity contribution is 6.04.